The zero-order valence-corrected chi connectivity index (χ0v) is 15.7. The minimum atomic E-state index is -0.874. The Morgan fingerprint density at radius 1 is 0.963 bits per heavy atom. The molecule has 0 spiro atoms. The quantitative estimate of drug-likeness (QED) is 0.736. The van der Waals surface area contributed by atoms with E-state index >= 15 is 0 Å². The first kappa shape index (κ1) is 20.2. The van der Waals surface area contributed by atoms with E-state index in [1.54, 1.807) is 31.2 Å². The summed E-state index contributed by atoms with van der Waals surface area (Å²) in [5.41, 5.74) is 3.52. The molecule has 0 heterocycles. The molecule has 27 heavy (non-hydrogen) atoms. The first-order chi connectivity index (χ1) is 12.8. The number of hydrogen-bond donors (Lipinski definition) is 2. The van der Waals surface area contributed by atoms with Crippen LogP contribution in [-0.2, 0) is 32.1 Å². The molecule has 142 valence electrons. The van der Waals surface area contributed by atoms with Gasteiger partial charge >= 0.3 is 5.97 Å². The third-order valence-electron chi connectivity index (χ3n) is 3.89. The van der Waals surface area contributed by atoms with Gasteiger partial charge in [0.25, 0.3) is 5.91 Å². The summed E-state index contributed by atoms with van der Waals surface area (Å²) in [6.45, 7) is 5.35. The van der Waals surface area contributed by atoms with Crippen LogP contribution in [0.1, 0.15) is 30.5 Å². The minimum Gasteiger partial charge on any atom is -0.452 e. The number of carbonyl (C=O) groups excluding carboxylic acids is 3. The van der Waals surface area contributed by atoms with Crippen LogP contribution in [0.25, 0.3) is 0 Å². The topological polar surface area (TPSA) is 84.5 Å². The number of carbonyl (C=O) groups is 3. The van der Waals surface area contributed by atoms with Crippen molar-refractivity contribution in [1.29, 1.82) is 0 Å². The Morgan fingerprint density at radius 3 is 2.15 bits per heavy atom. The van der Waals surface area contributed by atoms with Gasteiger partial charge in [0.15, 0.2) is 6.10 Å². The van der Waals surface area contributed by atoms with Gasteiger partial charge in [0.1, 0.15) is 0 Å². The van der Waals surface area contributed by atoms with Gasteiger partial charge in [-0.25, -0.2) is 0 Å². The highest BCUT2D eigenvalue weighted by Crippen LogP contribution is 2.11. The molecule has 2 N–H and O–H groups in total. The van der Waals surface area contributed by atoms with E-state index in [9.17, 15) is 14.4 Å². The lowest BCUT2D eigenvalue weighted by Gasteiger charge is -2.14. The lowest BCUT2D eigenvalue weighted by atomic mass is 10.1. The average Bonchev–Trinajstić information content (AvgIpc) is 2.62. The molecule has 0 bridgehead atoms. The molecule has 0 radical (unpaired) electrons. The Balaban J connectivity index is 1.79. The molecule has 0 aliphatic rings. The first-order valence-electron chi connectivity index (χ1n) is 8.73. The molecule has 0 saturated carbocycles. The van der Waals surface area contributed by atoms with Crippen molar-refractivity contribution in [3.8, 4) is 0 Å². The normalized spacial score (nSPS) is 11.4. The average molecular weight is 368 g/mol. The summed E-state index contributed by atoms with van der Waals surface area (Å²) in [5, 5.41) is 5.41. The van der Waals surface area contributed by atoms with E-state index < -0.39 is 12.1 Å². The molecule has 6 nitrogen and oxygen atoms in total. The maximum absolute atomic E-state index is 12.1. The monoisotopic (exact) mass is 368 g/mol. The summed E-state index contributed by atoms with van der Waals surface area (Å²) in [5.74, 6) is -0.988. The number of hydrogen-bond acceptors (Lipinski definition) is 4. The van der Waals surface area contributed by atoms with E-state index in [4.69, 9.17) is 4.74 Å². The fourth-order valence-electron chi connectivity index (χ4n) is 2.41. The molecule has 6 heteroatoms. The third-order valence-corrected chi connectivity index (χ3v) is 3.89. The highest BCUT2D eigenvalue weighted by atomic mass is 16.5. The summed E-state index contributed by atoms with van der Waals surface area (Å²) in [6, 6.07) is 14.7. The largest absolute Gasteiger partial charge is 0.452 e. The van der Waals surface area contributed by atoms with E-state index in [1.165, 1.54) is 6.92 Å². The summed E-state index contributed by atoms with van der Waals surface area (Å²) in [4.78, 5) is 35.1. The molecule has 0 fully saturated rings. The van der Waals surface area contributed by atoms with Crippen molar-refractivity contribution in [3.05, 3.63) is 65.2 Å². The van der Waals surface area contributed by atoms with E-state index in [0.717, 1.165) is 16.7 Å². The molecule has 0 saturated heterocycles. The van der Waals surface area contributed by atoms with Crippen molar-refractivity contribution >= 4 is 23.5 Å². The number of nitrogens with one attached hydrogen (secondary N) is 2. The molecule has 2 rings (SSSR count). The van der Waals surface area contributed by atoms with Crippen molar-refractivity contribution in [2.24, 2.45) is 0 Å². The third kappa shape index (κ3) is 6.93. The van der Waals surface area contributed by atoms with Crippen molar-refractivity contribution in [2.45, 2.75) is 39.8 Å². The highest BCUT2D eigenvalue weighted by Gasteiger charge is 2.17. The number of benzene rings is 2. The second-order valence-electron chi connectivity index (χ2n) is 6.39. The molecule has 0 aliphatic heterocycles. The van der Waals surface area contributed by atoms with Crippen LogP contribution >= 0.6 is 0 Å². The number of rotatable bonds is 7. The van der Waals surface area contributed by atoms with Gasteiger partial charge < -0.3 is 15.4 Å². The van der Waals surface area contributed by atoms with Gasteiger partial charge in [-0.2, -0.15) is 0 Å². The Hall–Kier alpha value is -3.15. The SMILES string of the molecule is CC(=O)Nc1ccc(CC(=O)O[C@H](C)C(=O)NCc2ccc(C)cc2)cc1. The lowest BCUT2D eigenvalue weighted by Crippen LogP contribution is -2.35. The predicted octanol–water partition coefficient (Wildman–Crippen LogP) is 2.74. The summed E-state index contributed by atoms with van der Waals surface area (Å²) >= 11 is 0. The molecule has 2 amide bonds. The summed E-state index contributed by atoms with van der Waals surface area (Å²) < 4.78 is 5.20. The number of aryl methyl sites for hydroxylation is 1. The highest BCUT2D eigenvalue weighted by molar-refractivity contribution is 5.88. The Bertz CT molecular complexity index is 798. The second kappa shape index (κ2) is 9.52. The molecular weight excluding hydrogens is 344 g/mol. The van der Waals surface area contributed by atoms with Gasteiger partial charge in [0.05, 0.1) is 6.42 Å². The maximum Gasteiger partial charge on any atom is 0.311 e. The number of ether oxygens (including phenoxy) is 1. The second-order valence-corrected chi connectivity index (χ2v) is 6.39. The van der Waals surface area contributed by atoms with Crippen molar-refractivity contribution in [1.82, 2.24) is 5.32 Å². The van der Waals surface area contributed by atoms with Crippen LogP contribution in [0.15, 0.2) is 48.5 Å². The van der Waals surface area contributed by atoms with Crippen LogP contribution < -0.4 is 10.6 Å². The van der Waals surface area contributed by atoms with Crippen molar-refractivity contribution < 1.29 is 19.1 Å². The van der Waals surface area contributed by atoms with Crippen LogP contribution in [-0.4, -0.2) is 23.9 Å². The van der Waals surface area contributed by atoms with Crippen LogP contribution in [0.2, 0.25) is 0 Å². The van der Waals surface area contributed by atoms with Gasteiger partial charge in [0.2, 0.25) is 5.91 Å². The van der Waals surface area contributed by atoms with Crippen LogP contribution in [0.3, 0.4) is 0 Å². The number of esters is 1. The minimum absolute atomic E-state index is 0.0515. The van der Waals surface area contributed by atoms with Crippen LogP contribution in [0.4, 0.5) is 5.69 Å². The number of anilines is 1. The standard InChI is InChI=1S/C21H24N2O4/c1-14-4-6-18(7-5-14)13-22-21(26)15(2)27-20(25)12-17-8-10-19(11-9-17)23-16(3)24/h4-11,15H,12-13H2,1-3H3,(H,22,26)(H,23,24)/t15-/m1/s1. The molecule has 1 atom stereocenters. The Morgan fingerprint density at radius 2 is 1.56 bits per heavy atom. The molecule has 0 aromatic heterocycles. The van der Waals surface area contributed by atoms with Crippen molar-refractivity contribution in [3.63, 3.8) is 0 Å². The molecular formula is C21H24N2O4. The van der Waals surface area contributed by atoms with E-state index in [0.29, 0.717) is 12.2 Å². The molecule has 0 unspecified atom stereocenters. The summed E-state index contributed by atoms with van der Waals surface area (Å²) in [6.07, 6.45) is -0.822. The molecule has 0 aliphatic carbocycles. The smallest absolute Gasteiger partial charge is 0.311 e. The lowest BCUT2D eigenvalue weighted by molar-refractivity contribution is -0.154. The fourth-order valence-corrected chi connectivity index (χ4v) is 2.41. The zero-order chi connectivity index (χ0) is 19.8. The van der Waals surface area contributed by atoms with Gasteiger partial charge in [-0.1, -0.05) is 42.0 Å². The van der Waals surface area contributed by atoms with Crippen LogP contribution in [0, 0.1) is 6.92 Å². The van der Waals surface area contributed by atoms with Gasteiger partial charge in [-0.3, -0.25) is 14.4 Å². The van der Waals surface area contributed by atoms with Gasteiger partial charge in [0, 0.05) is 19.2 Å². The number of amides is 2. The fraction of sp³-hybridized carbons (Fsp3) is 0.286. The van der Waals surface area contributed by atoms with Gasteiger partial charge in [-0.05, 0) is 37.1 Å². The first-order valence-corrected chi connectivity index (χ1v) is 8.73. The Labute approximate surface area is 158 Å². The Kier molecular flexibility index (Phi) is 7.11. The maximum atomic E-state index is 12.1. The van der Waals surface area contributed by atoms with Crippen LogP contribution in [0.5, 0.6) is 0 Å². The zero-order valence-electron chi connectivity index (χ0n) is 15.7. The predicted molar refractivity (Wildman–Crippen MR) is 103 cm³/mol. The van der Waals surface area contributed by atoms with Crippen molar-refractivity contribution in [2.75, 3.05) is 5.32 Å². The van der Waals surface area contributed by atoms with E-state index in [2.05, 4.69) is 10.6 Å². The van der Waals surface area contributed by atoms with E-state index in [1.807, 2.05) is 31.2 Å². The van der Waals surface area contributed by atoms with Gasteiger partial charge in [-0.15, -0.1) is 0 Å². The molecule has 2 aromatic rings. The summed E-state index contributed by atoms with van der Waals surface area (Å²) in [7, 11) is 0. The van der Waals surface area contributed by atoms with E-state index in [-0.39, 0.29) is 18.2 Å². The molecule has 2 aromatic carbocycles.